The first-order valence-electron chi connectivity index (χ1n) is 4.79. The number of aryl methyl sites for hydroxylation is 1. The summed E-state index contributed by atoms with van der Waals surface area (Å²) < 4.78 is 10.7. The van der Waals surface area contributed by atoms with Gasteiger partial charge in [-0.15, -0.1) is 0 Å². The highest BCUT2D eigenvalue weighted by Crippen LogP contribution is 2.17. The molecule has 1 aromatic rings. The first kappa shape index (κ1) is 10.2. The van der Waals surface area contributed by atoms with Crippen LogP contribution in [0.2, 0.25) is 0 Å². The van der Waals surface area contributed by atoms with Crippen LogP contribution in [0.4, 0.5) is 0 Å². The smallest absolute Gasteiger partial charge is 0.168 e. The van der Waals surface area contributed by atoms with Crippen molar-refractivity contribution in [1.29, 1.82) is 0 Å². The molecule has 0 N–H and O–H groups in total. The zero-order valence-electron chi connectivity index (χ0n) is 8.47. The van der Waals surface area contributed by atoms with Gasteiger partial charge in [0.25, 0.3) is 0 Å². The zero-order chi connectivity index (χ0) is 10.7. The molecular weight excluding hydrogens is 196 g/mol. The van der Waals surface area contributed by atoms with Crippen LogP contribution in [0, 0.1) is 6.92 Å². The molecule has 1 aliphatic rings. The normalized spacial score (nSPS) is 21.3. The van der Waals surface area contributed by atoms with Gasteiger partial charge in [-0.3, -0.25) is 4.79 Å². The van der Waals surface area contributed by atoms with Crippen molar-refractivity contribution in [2.24, 2.45) is 0 Å². The predicted molar refractivity (Wildman–Crippen MR) is 51.7 cm³/mol. The van der Waals surface area contributed by atoms with Crippen molar-refractivity contribution in [3.05, 3.63) is 23.3 Å². The molecule has 1 fully saturated rings. The summed E-state index contributed by atoms with van der Waals surface area (Å²) in [7, 11) is 0. The van der Waals surface area contributed by atoms with Gasteiger partial charge < -0.3 is 9.47 Å². The summed E-state index contributed by atoms with van der Waals surface area (Å²) in [5.74, 6) is 0.525. The lowest BCUT2D eigenvalue weighted by molar-refractivity contribution is -0.0936. The summed E-state index contributed by atoms with van der Waals surface area (Å²) in [5.41, 5.74) is 1.14. The summed E-state index contributed by atoms with van der Waals surface area (Å²) in [5, 5.41) is 0. The number of aromatic nitrogens is 2. The van der Waals surface area contributed by atoms with Crippen LogP contribution >= 0.6 is 0 Å². The Balaban J connectivity index is 2.25. The van der Waals surface area contributed by atoms with Crippen molar-refractivity contribution in [3.8, 4) is 0 Å². The number of carbonyl (C=O) groups excluding carboxylic acids is 1. The van der Waals surface area contributed by atoms with E-state index in [2.05, 4.69) is 9.97 Å². The summed E-state index contributed by atoms with van der Waals surface area (Å²) in [6.07, 6.45) is 0.458. The van der Waals surface area contributed by atoms with Gasteiger partial charge in [-0.2, -0.15) is 0 Å². The van der Waals surface area contributed by atoms with Crippen molar-refractivity contribution in [3.63, 3.8) is 0 Å². The molecule has 2 rings (SSSR count). The van der Waals surface area contributed by atoms with Gasteiger partial charge >= 0.3 is 0 Å². The number of aldehydes is 1. The van der Waals surface area contributed by atoms with Crippen molar-refractivity contribution in [2.45, 2.75) is 13.0 Å². The number of carbonyl (C=O) groups is 1. The lowest BCUT2D eigenvalue weighted by Gasteiger charge is -2.21. The van der Waals surface area contributed by atoms with Gasteiger partial charge in [0.1, 0.15) is 11.8 Å². The minimum Gasteiger partial charge on any atom is -0.376 e. The maximum Gasteiger partial charge on any atom is 0.168 e. The van der Waals surface area contributed by atoms with E-state index in [1.165, 1.54) is 0 Å². The van der Waals surface area contributed by atoms with E-state index in [0.29, 0.717) is 37.6 Å². The molecule has 5 nitrogen and oxygen atoms in total. The molecular formula is C10H12N2O3. The van der Waals surface area contributed by atoms with Crippen LogP contribution in [-0.4, -0.2) is 36.1 Å². The molecule has 0 amide bonds. The van der Waals surface area contributed by atoms with E-state index < -0.39 is 0 Å². The Kier molecular flexibility index (Phi) is 3.03. The average molecular weight is 208 g/mol. The first-order chi connectivity index (χ1) is 7.29. The van der Waals surface area contributed by atoms with Gasteiger partial charge in [-0.25, -0.2) is 9.97 Å². The molecule has 15 heavy (non-hydrogen) atoms. The fourth-order valence-electron chi connectivity index (χ4n) is 1.46. The predicted octanol–water partition coefficient (Wildman–Crippen LogP) is 0.685. The Bertz CT molecular complexity index is 362. The molecule has 80 valence electrons. The van der Waals surface area contributed by atoms with Crippen molar-refractivity contribution in [1.82, 2.24) is 9.97 Å². The van der Waals surface area contributed by atoms with Crippen molar-refractivity contribution >= 4 is 6.29 Å². The molecule has 0 aromatic carbocycles. The van der Waals surface area contributed by atoms with Crippen LogP contribution in [0.15, 0.2) is 6.07 Å². The summed E-state index contributed by atoms with van der Waals surface area (Å²) in [6.45, 7) is 3.41. The second-order valence-corrected chi connectivity index (χ2v) is 3.34. The minimum atomic E-state index is -0.252. The second kappa shape index (κ2) is 4.46. The molecule has 0 radical (unpaired) electrons. The third-order valence-corrected chi connectivity index (χ3v) is 2.12. The van der Waals surface area contributed by atoms with Gasteiger partial charge in [0.05, 0.1) is 19.8 Å². The maximum absolute atomic E-state index is 10.6. The van der Waals surface area contributed by atoms with E-state index in [0.717, 1.165) is 5.69 Å². The first-order valence-corrected chi connectivity index (χ1v) is 4.79. The summed E-state index contributed by atoms with van der Waals surface area (Å²) in [4.78, 5) is 19.0. The Hall–Kier alpha value is -1.33. The van der Waals surface area contributed by atoms with Crippen LogP contribution < -0.4 is 0 Å². The topological polar surface area (TPSA) is 61.3 Å². The molecule has 5 heteroatoms. The highest BCUT2D eigenvalue weighted by molar-refractivity contribution is 5.71. The van der Waals surface area contributed by atoms with E-state index >= 15 is 0 Å². The Morgan fingerprint density at radius 2 is 2.33 bits per heavy atom. The quantitative estimate of drug-likeness (QED) is 0.669. The molecule has 1 saturated heterocycles. The largest absolute Gasteiger partial charge is 0.376 e. The highest BCUT2D eigenvalue weighted by Gasteiger charge is 2.20. The van der Waals surface area contributed by atoms with Crippen LogP contribution in [0.25, 0.3) is 0 Å². The van der Waals surface area contributed by atoms with E-state index in [-0.39, 0.29) is 6.10 Å². The molecule has 1 unspecified atom stereocenters. The molecule has 0 bridgehead atoms. The number of ether oxygens (including phenoxy) is 2. The lowest BCUT2D eigenvalue weighted by Crippen LogP contribution is -2.24. The number of rotatable bonds is 2. The Morgan fingerprint density at radius 3 is 3.00 bits per heavy atom. The summed E-state index contributed by atoms with van der Waals surface area (Å²) in [6, 6.07) is 1.64. The third kappa shape index (κ3) is 2.37. The van der Waals surface area contributed by atoms with E-state index in [1.54, 1.807) is 6.07 Å². The SMILES string of the molecule is Cc1cc(C=O)nc(C2COCCO2)n1. The molecule has 1 atom stereocenters. The summed E-state index contributed by atoms with van der Waals surface area (Å²) >= 11 is 0. The molecule has 0 spiro atoms. The Morgan fingerprint density at radius 1 is 1.47 bits per heavy atom. The molecule has 0 aliphatic carbocycles. The molecule has 1 aliphatic heterocycles. The van der Waals surface area contributed by atoms with Crippen LogP contribution in [0.5, 0.6) is 0 Å². The fraction of sp³-hybridized carbons (Fsp3) is 0.500. The van der Waals surface area contributed by atoms with Crippen LogP contribution in [-0.2, 0) is 9.47 Å². The highest BCUT2D eigenvalue weighted by atomic mass is 16.6. The van der Waals surface area contributed by atoms with E-state index in [9.17, 15) is 4.79 Å². The van der Waals surface area contributed by atoms with Crippen molar-refractivity contribution in [2.75, 3.05) is 19.8 Å². The fourth-order valence-corrected chi connectivity index (χ4v) is 1.46. The molecule has 2 heterocycles. The zero-order valence-corrected chi connectivity index (χ0v) is 8.47. The molecule has 0 saturated carbocycles. The minimum absolute atomic E-state index is 0.252. The number of hydrogen-bond donors (Lipinski definition) is 0. The van der Waals surface area contributed by atoms with Gasteiger partial charge in [0.2, 0.25) is 0 Å². The van der Waals surface area contributed by atoms with E-state index in [4.69, 9.17) is 9.47 Å². The third-order valence-electron chi connectivity index (χ3n) is 2.12. The van der Waals surface area contributed by atoms with Crippen molar-refractivity contribution < 1.29 is 14.3 Å². The number of hydrogen-bond acceptors (Lipinski definition) is 5. The van der Waals surface area contributed by atoms with Gasteiger partial charge in [0, 0.05) is 5.69 Å². The average Bonchev–Trinajstić information content (AvgIpc) is 2.29. The maximum atomic E-state index is 10.6. The Labute approximate surface area is 87.4 Å². The molecule has 1 aromatic heterocycles. The lowest BCUT2D eigenvalue weighted by atomic mass is 10.3. The monoisotopic (exact) mass is 208 g/mol. The van der Waals surface area contributed by atoms with E-state index in [1.807, 2.05) is 6.92 Å². The number of nitrogens with zero attached hydrogens (tertiary/aromatic N) is 2. The standard InChI is InChI=1S/C10H12N2O3/c1-7-4-8(5-13)12-10(11-7)9-6-14-2-3-15-9/h4-5,9H,2-3,6H2,1H3. The van der Waals surface area contributed by atoms with Gasteiger partial charge in [0.15, 0.2) is 12.1 Å². The van der Waals surface area contributed by atoms with Gasteiger partial charge in [-0.05, 0) is 13.0 Å². The van der Waals surface area contributed by atoms with Crippen LogP contribution in [0.1, 0.15) is 28.1 Å². The van der Waals surface area contributed by atoms with Crippen LogP contribution in [0.3, 0.4) is 0 Å². The van der Waals surface area contributed by atoms with Gasteiger partial charge in [-0.1, -0.05) is 0 Å². The second-order valence-electron chi connectivity index (χ2n) is 3.34.